The highest BCUT2D eigenvalue weighted by atomic mass is 19.2. The number of esters is 1. The van der Waals surface area contributed by atoms with Gasteiger partial charge in [0.2, 0.25) is 34.8 Å². The third-order valence-electron chi connectivity index (χ3n) is 8.36. The molecule has 226 valence electrons. The second-order valence-corrected chi connectivity index (χ2v) is 10.9. The lowest BCUT2D eigenvalue weighted by Gasteiger charge is -2.21. The number of benzene rings is 5. The molecular formula is C36H25F5N2O2. The number of rotatable bonds is 8. The molecule has 9 heteroatoms. The van der Waals surface area contributed by atoms with Crippen LogP contribution in [0.2, 0.25) is 0 Å². The third-order valence-corrected chi connectivity index (χ3v) is 8.36. The summed E-state index contributed by atoms with van der Waals surface area (Å²) < 4.78 is 79.8. The van der Waals surface area contributed by atoms with Crippen LogP contribution in [0.1, 0.15) is 25.3 Å². The molecule has 0 fully saturated rings. The zero-order valence-corrected chi connectivity index (χ0v) is 23.7. The number of hydrogen-bond acceptors (Lipinski definition) is 2. The Balaban J connectivity index is 1.25. The number of ether oxygens (including phenoxy) is 1. The molecule has 4 nitrogen and oxygen atoms in total. The van der Waals surface area contributed by atoms with Gasteiger partial charge in [0.15, 0.2) is 0 Å². The first-order chi connectivity index (χ1) is 21.9. The number of aryl methyl sites for hydroxylation is 1. The summed E-state index contributed by atoms with van der Waals surface area (Å²) in [5, 5.41) is 3.94. The molecule has 2 heterocycles. The molecule has 2 aromatic heterocycles. The van der Waals surface area contributed by atoms with Crippen molar-refractivity contribution in [1.29, 1.82) is 0 Å². The van der Waals surface area contributed by atoms with E-state index >= 15 is 0 Å². The number of aromatic nitrogens is 2. The summed E-state index contributed by atoms with van der Waals surface area (Å²) in [5.74, 6) is -13.9. The lowest BCUT2D eigenvalue weighted by Crippen LogP contribution is -2.25. The lowest BCUT2D eigenvalue weighted by atomic mass is 10.1. The van der Waals surface area contributed by atoms with E-state index in [1.54, 1.807) is 16.7 Å². The molecule has 0 saturated carbocycles. The van der Waals surface area contributed by atoms with Gasteiger partial charge < -0.3 is 13.9 Å². The number of nitrogens with zero attached hydrogens (tertiary/aromatic N) is 2. The summed E-state index contributed by atoms with van der Waals surface area (Å²) in [6.45, 7) is 0.626. The van der Waals surface area contributed by atoms with Crippen molar-refractivity contribution < 1.29 is 31.5 Å². The zero-order valence-electron chi connectivity index (χ0n) is 23.7. The molecule has 0 unspecified atom stereocenters. The summed E-state index contributed by atoms with van der Waals surface area (Å²) in [7, 11) is 0. The first kappa shape index (κ1) is 28.6. The van der Waals surface area contributed by atoms with Gasteiger partial charge in [-0.05, 0) is 43.5 Å². The Labute approximate surface area is 253 Å². The molecule has 0 bridgehead atoms. The maximum absolute atomic E-state index is 14.6. The van der Waals surface area contributed by atoms with Gasteiger partial charge in [-0.25, -0.2) is 18.0 Å². The van der Waals surface area contributed by atoms with E-state index in [1.165, 1.54) is 0 Å². The van der Waals surface area contributed by atoms with Crippen molar-refractivity contribution in [2.45, 2.75) is 31.8 Å². The maximum atomic E-state index is 14.6. The second kappa shape index (κ2) is 11.4. The molecule has 0 radical (unpaired) electrons. The molecule has 0 spiro atoms. The molecule has 0 amide bonds. The van der Waals surface area contributed by atoms with Crippen molar-refractivity contribution >= 4 is 49.6 Å². The van der Waals surface area contributed by atoms with E-state index in [1.807, 2.05) is 60.7 Å². The Kier molecular flexibility index (Phi) is 7.23. The molecule has 0 N–H and O–H groups in total. The number of fused-ring (bicyclic) bond motifs is 6. The van der Waals surface area contributed by atoms with Gasteiger partial charge in [0.1, 0.15) is 6.04 Å². The molecule has 5 aromatic carbocycles. The van der Waals surface area contributed by atoms with E-state index < -0.39 is 46.8 Å². The fraction of sp³-hybridized carbons (Fsp3) is 0.139. The van der Waals surface area contributed by atoms with E-state index in [-0.39, 0.29) is 6.42 Å². The van der Waals surface area contributed by atoms with Crippen molar-refractivity contribution in [2.24, 2.45) is 0 Å². The number of halogens is 5. The highest BCUT2D eigenvalue weighted by Crippen LogP contribution is 2.36. The van der Waals surface area contributed by atoms with Gasteiger partial charge in [0.05, 0.1) is 0 Å². The van der Waals surface area contributed by atoms with Gasteiger partial charge in [0, 0.05) is 50.2 Å². The van der Waals surface area contributed by atoms with Crippen molar-refractivity contribution in [3.05, 3.63) is 126 Å². The minimum atomic E-state index is -2.33. The van der Waals surface area contributed by atoms with Crippen LogP contribution >= 0.6 is 0 Å². The highest BCUT2D eigenvalue weighted by molar-refractivity contribution is 6.09. The first-order valence-electron chi connectivity index (χ1n) is 14.5. The van der Waals surface area contributed by atoms with E-state index in [0.717, 1.165) is 32.6 Å². The fourth-order valence-corrected chi connectivity index (χ4v) is 6.34. The Morgan fingerprint density at radius 3 is 1.44 bits per heavy atom. The van der Waals surface area contributed by atoms with Crippen molar-refractivity contribution in [2.75, 3.05) is 0 Å². The predicted molar refractivity (Wildman–Crippen MR) is 164 cm³/mol. The van der Waals surface area contributed by atoms with Crippen LogP contribution in [0.15, 0.2) is 97.1 Å². The molecule has 7 aromatic rings. The topological polar surface area (TPSA) is 36.2 Å². The van der Waals surface area contributed by atoms with Gasteiger partial charge in [-0.2, -0.15) is 8.78 Å². The predicted octanol–water partition coefficient (Wildman–Crippen LogP) is 9.62. The summed E-state index contributed by atoms with van der Waals surface area (Å²) in [6.07, 6.45) is 1.29. The molecule has 0 saturated heterocycles. The largest absolute Gasteiger partial charge is 0.418 e. The van der Waals surface area contributed by atoms with Crippen molar-refractivity contribution in [3.63, 3.8) is 0 Å². The molecule has 7 rings (SSSR count). The van der Waals surface area contributed by atoms with Crippen LogP contribution in [0, 0.1) is 29.1 Å². The molecular weight excluding hydrogens is 587 g/mol. The van der Waals surface area contributed by atoms with Crippen LogP contribution < -0.4 is 4.74 Å². The Morgan fingerprint density at radius 2 is 0.956 bits per heavy atom. The SMILES string of the molecule is O=C(Oc1c(F)c(F)c(F)c(F)c1F)[C@H](CCCCn1c2ccccc2c2ccccc21)n1c2ccccc2c2ccccc21. The minimum Gasteiger partial charge on any atom is -0.418 e. The molecule has 1 atom stereocenters. The van der Waals surface area contributed by atoms with Crippen molar-refractivity contribution in [3.8, 4) is 5.75 Å². The van der Waals surface area contributed by atoms with Gasteiger partial charge in [-0.1, -0.05) is 72.8 Å². The van der Waals surface area contributed by atoms with Gasteiger partial charge in [0.25, 0.3) is 0 Å². The third kappa shape index (κ3) is 4.70. The monoisotopic (exact) mass is 612 g/mol. The molecule has 0 aliphatic carbocycles. The number of carbonyl (C=O) groups excluding carboxylic acids is 1. The summed E-state index contributed by atoms with van der Waals surface area (Å²) >= 11 is 0. The van der Waals surface area contributed by atoms with E-state index in [4.69, 9.17) is 4.74 Å². The van der Waals surface area contributed by atoms with Gasteiger partial charge >= 0.3 is 5.97 Å². The van der Waals surface area contributed by atoms with Crippen molar-refractivity contribution in [1.82, 2.24) is 9.13 Å². The fourth-order valence-electron chi connectivity index (χ4n) is 6.34. The van der Waals surface area contributed by atoms with Crippen LogP contribution in [-0.4, -0.2) is 15.1 Å². The Bertz CT molecular complexity index is 2120. The normalized spacial score (nSPS) is 12.5. The number of hydrogen-bond donors (Lipinski definition) is 0. The number of unbranched alkanes of at least 4 members (excludes halogenated alkanes) is 1. The van der Waals surface area contributed by atoms with Gasteiger partial charge in [-0.15, -0.1) is 0 Å². The maximum Gasteiger partial charge on any atom is 0.334 e. The first-order valence-corrected chi connectivity index (χ1v) is 14.5. The van der Waals surface area contributed by atoms with Crippen LogP contribution in [0.4, 0.5) is 22.0 Å². The molecule has 0 aliphatic heterocycles. The second-order valence-electron chi connectivity index (χ2n) is 10.9. The molecule has 0 aliphatic rings. The highest BCUT2D eigenvalue weighted by Gasteiger charge is 2.32. The minimum absolute atomic E-state index is 0.175. The van der Waals surface area contributed by atoms with E-state index in [9.17, 15) is 26.7 Å². The standard InChI is InChI=1S/C36H25F5N2O2/c37-30-31(38)33(40)35(34(41)32(30)39)45-36(44)29(43-27-17-7-3-13-23(27)24-14-4-8-18-28(24)43)19-9-10-20-42-25-15-5-1-11-21(25)22-12-2-6-16-26(22)42/h1-8,11-18,29H,9-10,19-20H2/t29-/m0/s1. The van der Waals surface area contributed by atoms with Crippen LogP contribution in [0.25, 0.3) is 43.6 Å². The number of carbonyl (C=O) groups is 1. The number of para-hydroxylation sites is 4. The quantitative estimate of drug-likeness (QED) is 0.0428. The smallest absolute Gasteiger partial charge is 0.334 e. The molecule has 45 heavy (non-hydrogen) atoms. The zero-order chi connectivity index (χ0) is 31.2. The lowest BCUT2D eigenvalue weighted by molar-refractivity contribution is -0.138. The van der Waals surface area contributed by atoms with E-state index in [2.05, 4.69) is 28.8 Å². The van der Waals surface area contributed by atoms with Crippen LogP contribution in [-0.2, 0) is 11.3 Å². The van der Waals surface area contributed by atoms with E-state index in [0.29, 0.717) is 30.4 Å². The summed E-state index contributed by atoms with van der Waals surface area (Å²) in [4.78, 5) is 13.8. The summed E-state index contributed by atoms with van der Waals surface area (Å²) in [5.41, 5.74) is 3.48. The Morgan fingerprint density at radius 1 is 0.556 bits per heavy atom. The Hall–Kier alpha value is -5.18. The summed E-state index contributed by atoms with van der Waals surface area (Å²) in [6, 6.07) is 29.8. The average Bonchev–Trinajstić information content (AvgIpc) is 3.58. The average molecular weight is 613 g/mol. The van der Waals surface area contributed by atoms with Crippen LogP contribution in [0.3, 0.4) is 0 Å². The van der Waals surface area contributed by atoms with Crippen LogP contribution in [0.5, 0.6) is 5.75 Å². The van der Waals surface area contributed by atoms with Gasteiger partial charge in [-0.3, -0.25) is 0 Å².